The third-order valence-electron chi connectivity index (χ3n) is 1.44. The van der Waals surface area contributed by atoms with Crippen molar-refractivity contribution in [3.8, 4) is 0 Å². The van der Waals surface area contributed by atoms with Gasteiger partial charge in [0, 0.05) is 12.4 Å². The molecule has 0 saturated heterocycles. The summed E-state index contributed by atoms with van der Waals surface area (Å²) < 4.78 is 5.39. The van der Waals surface area contributed by atoms with E-state index >= 15 is 0 Å². The molecule has 0 aromatic carbocycles. The summed E-state index contributed by atoms with van der Waals surface area (Å²) in [5.74, 6) is 1.08. The van der Waals surface area contributed by atoms with E-state index < -0.39 is 0 Å². The molecule has 0 aliphatic rings. The number of ether oxygens (including phenoxy) is 1. The Morgan fingerprint density at radius 2 is 2.31 bits per heavy atom. The van der Waals surface area contributed by atoms with Gasteiger partial charge in [-0.15, -0.1) is 0 Å². The monoisotopic (exact) mass is 178 g/mol. The highest BCUT2D eigenvalue weighted by Gasteiger charge is 2.01. The van der Waals surface area contributed by atoms with Gasteiger partial charge in [-0.1, -0.05) is 20.4 Å². The summed E-state index contributed by atoms with van der Waals surface area (Å²) in [5.41, 5.74) is 0.697. The van der Waals surface area contributed by atoms with Gasteiger partial charge in [0.2, 0.25) is 0 Å². The van der Waals surface area contributed by atoms with E-state index in [1.165, 1.54) is 0 Å². The third kappa shape index (κ3) is 3.23. The Labute approximate surface area is 78.5 Å². The molecule has 1 aromatic rings. The van der Waals surface area contributed by atoms with Crippen LogP contribution in [-0.4, -0.2) is 16.6 Å². The fourth-order valence-electron chi connectivity index (χ4n) is 0.784. The van der Waals surface area contributed by atoms with E-state index in [1.807, 2.05) is 0 Å². The zero-order valence-electron chi connectivity index (χ0n) is 8.03. The number of nitrogens with zero attached hydrogens (tertiary/aromatic N) is 2. The van der Waals surface area contributed by atoms with Crippen LogP contribution < -0.4 is 0 Å². The standard InChI is InChI=1S/C10H14N2O/c1-8(2)7-13-9(3)10-6-11-4-5-12-10/h4-6,8H,3,7H2,1-2H3. The minimum Gasteiger partial charge on any atom is -0.492 e. The molecule has 3 nitrogen and oxygen atoms in total. The highest BCUT2D eigenvalue weighted by atomic mass is 16.5. The predicted molar refractivity (Wildman–Crippen MR) is 51.9 cm³/mol. The van der Waals surface area contributed by atoms with Crippen molar-refractivity contribution in [3.63, 3.8) is 0 Å². The Bertz CT molecular complexity index is 270. The van der Waals surface area contributed by atoms with Gasteiger partial charge in [0.1, 0.15) is 11.5 Å². The second kappa shape index (κ2) is 4.60. The number of hydrogen-bond donors (Lipinski definition) is 0. The SMILES string of the molecule is C=C(OCC(C)C)c1cnccn1. The van der Waals surface area contributed by atoms with Crippen LogP contribution in [0.4, 0.5) is 0 Å². The average molecular weight is 178 g/mol. The molecule has 0 unspecified atom stereocenters. The van der Waals surface area contributed by atoms with Crippen molar-refractivity contribution in [2.45, 2.75) is 13.8 Å². The van der Waals surface area contributed by atoms with Gasteiger partial charge in [-0.3, -0.25) is 4.98 Å². The normalized spacial score (nSPS) is 10.1. The van der Waals surface area contributed by atoms with Crippen LogP contribution in [0, 0.1) is 5.92 Å². The molecule has 0 aliphatic carbocycles. The topological polar surface area (TPSA) is 35.0 Å². The van der Waals surface area contributed by atoms with E-state index in [1.54, 1.807) is 18.6 Å². The molecule has 0 atom stereocenters. The molecule has 0 aliphatic heterocycles. The van der Waals surface area contributed by atoms with Crippen molar-refractivity contribution in [2.75, 3.05) is 6.61 Å². The van der Waals surface area contributed by atoms with Crippen molar-refractivity contribution in [1.29, 1.82) is 0 Å². The number of hydrogen-bond acceptors (Lipinski definition) is 3. The fraction of sp³-hybridized carbons (Fsp3) is 0.400. The van der Waals surface area contributed by atoms with Crippen LogP contribution in [0.2, 0.25) is 0 Å². The Morgan fingerprint density at radius 1 is 1.54 bits per heavy atom. The molecule has 0 spiro atoms. The zero-order valence-corrected chi connectivity index (χ0v) is 8.03. The summed E-state index contributed by atoms with van der Waals surface area (Å²) in [6, 6.07) is 0. The van der Waals surface area contributed by atoms with Crippen molar-refractivity contribution in [1.82, 2.24) is 9.97 Å². The second-order valence-electron chi connectivity index (χ2n) is 3.22. The lowest BCUT2D eigenvalue weighted by Gasteiger charge is -2.09. The molecule has 0 bridgehead atoms. The van der Waals surface area contributed by atoms with Gasteiger partial charge in [0.15, 0.2) is 0 Å². The molecule has 1 heterocycles. The molecule has 1 aromatic heterocycles. The van der Waals surface area contributed by atoms with E-state index in [0.29, 0.717) is 24.0 Å². The lowest BCUT2D eigenvalue weighted by atomic mass is 10.2. The van der Waals surface area contributed by atoms with Crippen LogP contribution in [0.5, 0.6) is 0 Å². The molecule has 0 amide bonds. The molecule has 3 heteroatoms. The highest BCUT2D eigenvalue weighted by molar-refractivity contribution is 5.51. The first-order valence-corrected chi connectivity index (χ1v) is 4.28. The maximum absolute atomic E-state index is 5.39. The van der Waals surface area contributed by atoms with Crippen molar-refractivity contribution < 1.29 is 4.74 Å². The maximum Gasteiger partial charge on any atom is 0.139 e. The lowest BCUT2D eigenvalue weighted by Crippen LogP contribution is -2.01. The molecular weight excluding hydrogens is 164 g/mol. The van der Waals surface area contributed by atoms with E-state index in [-0.39, 0.29) is 0 Å². The fourth-order valence-corrected chi connectivity index (χ4v) is 0.784. The van der Waals surface area contributed by atoms with Gasteiger partial charge in [0.25, 0.3) is 0 Å². The van der Waals surface area contributed by atoms with Gasteiger partial charge in [-0.05, 0) is 5.92 Å². The smallest absolute Gasteiger partial charge is 0.139 e. The first-order chi connectivity index (χ1) is 6.20. The van der Waals surface area contributed by atoms with Crippen LogP contribution in [0.25, 0.3) is 5.76 Å². The van der Waals surface area contributed by atoms with Gasteiger partial charge in [0.05, 0.1) is 12.8 Å². The summed E-state index contributed by atoms with van der Waals surface area (Å²) in [4.78, 5) is 8.00. The molecule has 13 heavy (non-hydrogen) atoms. The molecule has 0 saturated carbocycles. The molecule has 0 radical (unpaired) electrons. The first-order valence-electron chi connectivity index (χ1n) is 4.28. The van der Waals surface area contributed by atoms with E-state index in [2.05, 4.69) is 30.4 Å². The van der Waals surface area contributed by atoms with Crippen LogP contribution in [0.15, 0.2) is 25.2 Å². The van der Waals surface area contributed by atoms with Crippen molar-refractivity contribution in [3.05, 3.63) is 30.9 Å². The highest BCUT2D eigenvalue weighted by Crippen LogP contribution is 2.10. The summed E-state index contributed by atoms with van der Waals surface area (Å²) >= 11 is 0. The third-order valence-corrected chi connectivity index (χ3v) is 1.44. The Hall–Kier alpha value is -1.38. The quantitative estimate of drug-likeness (QED) is 0.662. The Morgan fingerprint density at radius 3 is 2.85 bits per heavy atom. The van der Waals surface area contributed by atoms with E-state index in [9.17, 15) is 0 Å². The van der Waals surface area contributed by atoms with E-state index in [4.69, 9.17) is 4.74 Å². The largest absolute Gasteiger partial charge is 0.492 e. The molecular formula is C10H14N2O. The van der Waals surface area contributed by atoms with Gasteiger partial charge >= 0.3 is 0 Å². The van der Waals surface area contributed by atoms with E-state index in [0.717, 1.165) is 0 Å². The summed E-state index contributed by atoms with van der Waals surface area (Å²) in [6.45, 7) is 8.61. The van der Waals surface area contributed by atoms with Crippen molar-refractivity contribution in [2.24, 2.45) is 5.92 Å². The second-order valence-corrected chi connectivity index (χ2v) is 3.22. The van der Waals surface area contributed by atoms with Crippen LogP contribution in [-0.2, 0) is 4.74 Å². The Balaban J connectivity index is 2.50. The lowest BCUT2D eigenvalue weighted by molar-refractivity contribution is 0.235. The molecule has 70 valence electrons. The summed E-state index contributed by atoms with van der Waals surface area (Å²) in [7, 11) is 0. The van der Waals surface area contributed by atoms with Crippen LogP contribution in [0.1, 0.15) is 19.5 Å². The number of aromatic nitrogens is 2. The first kappa shape index (κ1) is 9.71. The van der Waals surface area contributed by atoms with Crippen LogP contribution >= 0.6 is 0 Å². The minimum atomic E-state index is 0.494. The molecule has 0 fully saturated rings. The van der Waals surface area contributed by atoms with Gasteiger partial charge in [-0.25, -0.2) is 4.98 Å². The van der Waals surface area contributed by atoms with Crippen LogP contribution in [0.3, 0.4) is 0 Å². The molecule has 1 rings (SSSR count). The van der Waals surface area contributed by atoms with Crippen molar-refractivity contribution >= 4 is 5.76 Å². The minimum absolute atomic E-state index is 0.494. The Kier molecular flexibility index (Phi) is 3.43. The summed E-state index contributed by atoms with van der Waals surface area (Å²) in [6.07, 6.45) is 4.89. The molecule has 0 N–H and O–H groups in total. The number of rotatable bonds is 4. The maximum atomic E-state index is 5.39. The van der Waals surface area contributed by atoms with Gasteiger partial charge < -0.3 is 4.74 Å². The average Bonchev–Trinajstić information content (AvgIpc) is 2.15. The predicted octanol–water partition coefficient (Wildman–Crippen LogP) is 2.12. The zero-order chi connectivity index (χ0) is 9.68. The summed E-state index contributed by atoms with van der Waals surface area (Å²) in [5, 5.41) is 0. The van der Waals surface area contributed by atoms with Gasteiger partial charge in [-0.2, -0.15) is 0 Å².